The maximum atomic E-state index is 9.67. The Labute approximate surface area is 139 Å². The van der Waals surface area contributed by atoms with Gasteiger partial charge in [-0.1, -0.05) is 12.1 Å². The number of fused-ring (bicyclic) bond motifs is 1. The molecule has 2 aromatic carbocycles. The molecule has 1 aliphatic rings. The number of ether oxygens (including phenoxy) is 3. The van der Waals surface area contributed by atoms with Crippen LogP contribution in [0.4, 0.5) is 0 Å². The van der Waals surface area contributed by atoms with Crippen molar-refractivity contribution in [3.05, 3.63) is 59.0 Å². The number of benzene rings is 2. The average molecular weight is 324 g/mol. The van der Waals surface area contributed by atoms with E-state index in [2.05, 4.69) is 6.07 Å². The zero-order valence-electron chi connectivity index (χ0n) is 13.2. The number of nitriles is 1. The molecule has 0 saturated heterocycles. The lowest BCUT2D eigenvalue weighted by Gasteiger charge is -2.26. The van der Waals surface area contributed by atoms with Crippen LogP contribution >= 0.6 is 0 Å². The van der Waals surface area contributed by atoms with Gasteiger partial charge in [0.05, 0.1) is 20.1 Å². The van der Waals surface area contributed by atoms with Crippen LogP contribution in [-0.2, 0) is 0 Å². The fourth-order valence-electron chi connectivity index (χ4n) is 2.82. The number of rotatable bonds is 3. The molecule has 0 radical (unpaired) electrons. The number of nitrogens with two attached hydrogens (primary N) is 1. The fraction of sp³-hybridized carbons (Fsp3) is 0.167. The minimum absolute atomic E-state index is 0.0235. The summed E-state index contributed by atoms with van der Waals surface area (Å²) < 4.78 is 16.1. The van der Waals surface area contributed by atoms with Gasteiger partial charge >= 0.3 is 0 Å². The maximum absolute atomic E-state index is 9.67. The van der Waals surface area contributed by atoms with Gasteiger partial charge < -0.3 is 25.1 Å². The summed E-state index contributed by atoms with van der Waals surface area (Å²) in [7, 11) is 3.11. The molecule has 1 atom stereocenters. The molecule has 6 nitrogen and oxygen atoms in total. The van der Waals surface area contributed by atoms with Gasteiger partial charge in [-0.05, 0) is 23.8 Å². The lowest BCUT2D eigenvalue weighted by atomic mass is 9.83. The molecule has 0 saturated carbocycles. The highest BCUT2D eigenvalue weighted by Crippen LogP contribution is 2.44. The molecular weight excluding hydrogens is 308 g/mol. The number of aromatic hydroxyl groups is 1. The molecule has 0 spiro atoms. The van der Waals surface area contributed by atoms with Gasteiger partial charge in [-0.3, -0.25) is 0 Å². The van der Waals surface area contributed by atoms with Gasteiger partial charge in [0.2, 0.25) is 5.88 Å². The van der Waals surface area contributed by atoms with E-state index in [9.17, 15) is 10.4 Å². The van der Waals surface area contributed by atoms with Crippen LogP contribution in [0.15, 0.2) is 47.9 Å². The topological polar surface area (TPSA) is 97.7 Å². The van der Waals surface area contributed by atoms with Crippen molar-refractivity contribution in [1.82, 2.24) is 0 Å². The Morgan fingerprint density at radius 2 is 1.88 bits per heavy atom. The number of phenolic OH excluding ortho intramolecular Hbond substituents is 1. The Morgan fingerprint density at radius 1 is 1.12 bits per heavy atom. The van der Waals surface area contributed by atoms with Crippen molar-refractivity contribution >= 4 is 0 Å². The number of methoxy groups -OCH3 is 2. The lowest BCUT2D eigenvalue weighted by Crippen LogP contribution is -2.21. The van der Waals surface area contributed by atoms with Crippen molar-refractivity contribution in [3.63, 3.8) is 0 Å². The molecule has 2 aromatic rings. The minimum atomic E-state index is -0.417. The fourth-order valence-corrected chi connectivity index (χ4v) is 2.82. The van der Waals surface area contributed by atoms with Crippen LogP contribution < -0.4 is 19.9 Å². The van der Waals surface area contributed by atoms with Crippen molar-refractivity contribution in [2.75, 3.05) is 14.2 Å². The summed E-state index contributed by atoms with van der Waals surface area (Å²) in [5.41, 5.74) is 7.76. The van der Waals surface area contributed by atoms with Gasteiger partial charge in [0.15, 0.2) is 11.5 Å². The molecule has 0 unspecified atom stereocenters. The Hall–Kier alpha value is -3.33. The van der Waals surface area contributed by atoms with Crippen LogP contribution in [0.3, 0.4) is 0 Å². The molecule has 3 N–H and O–H groups in total. The van der Waals surface area contributed by atoms with Gasteiger partial charge in [0, 0.05) is 11.6 Å². The van der Waals surface area contributed by atoms with Crippen LogP contribution in [0.25, 0.3) is 0 Å². The summed E-state index contributed by atoms with van der Waals surface area (Å²) in [5.74, 6) is 1.24. The number of allylic oxidation sites excluding steroid dienone is 1. The van der Waals surface area contributed by atoms with Crippen molar-refractivity contribution in [2.45, 2.75) is 5.92 Å². The van der Waals surface area contributed by atoms with Crippen LogP contribution in [0.1, 0.15) is 17.0 Å². The summed E-state index contributed by atoms with van der Waals surface area (Å²) >= 11 is 0. The summed E-state index contributed by atoms with van der Waals surface area (Å²) in [6, 6.07) is 12.3. The van der Waals surface area contributed by atoms with E-state index in [1.807, 2.05) is 6.07 Å². The third kappa shape index (κ3) is 2.46. The van der Waals surface area contributed by atoms with Gasteiger partial charge in [-0.15, -0.1) is 0 Å². The largest absolute Gasteiger partial charge is 0.508 e. The second kappa shape index (κ2) is 6.05. The van der Waals surface area contributed by atoms with Crippen molar-refractivity contribution < 1.29 is 19.3 Å². The van der Waals surface area contributed by atoms with E-state index < -0.39 is 5.92 Å². The van der Waals surface area contributed by atoms with E-state index in [4.69, 9.17) is 19.9 Å². The molecule has 0 bridgehead atoms. The Kier molecular flexibility index (Phi) is 3.92. The third-order valence-corrected chi connectivity index (χ3v) is 3.94. The normalized spacial score (nSPS) is 16.0. The molecule has 24 heavy (non-hydrogen) atoms. The van der Waals surface area contributed by atoms with Gasteiger partial charge in [-0.25, -0.2) is 0 Å². The van der Waals surface area contributed by atoms with E-state index in [-0.39, 0.29) is 11.6 Å². The van der Waals surface area contributed by atoms with Crippen molar-refractivity contribution in [2.24, 2.45) is 5.73 Å². The second-order valence-electron chi connectivity index (χ2n) is 5.26. The number of phenols is 1. The summed E-state index contributed by atoms with van der Waals surface area (Å²) in [5, 5.41) is 19.2. The number of hydrogen-bond donors (Lipinski definition) is 2. The van der Waals surface area contributed by atoms with Crippen LogP contribution in [0.2, 0.25) is 0 Å². The molecular formula is C18H16N2O4. The molecule has 0 amide bonds. The first-order valence-corrected chi connectivity index (χ1v) is 7.21. The van der Waals surface area contributed by atoms with Crippen molar-refractivity contribution in [1.29, 1.82) is 5.26 Å². The summed E-state index contributed by atoms with van der Waals surface area (Å²) in [6.07, 6.45) is 0. The predicted octanol–water partition coefficient (Wildman–Crippen LogP) is 2.63. The molecule has 0 aliphatic carbocycles. The maximum Gasteiger partial charge on any atom is 0.205 e. The van der Waals surface area contributed by atoms with Gasteiger partial charge in [0.1, 0.15) is 23.1 Å². The van der Waals surface area contributed by atoms with Crippen LogP contribution in [0.5, 0.6) is 23.0 Å². The Bertz CT molecular complexity index is 868. The first-order chi connectivity index (χ1) is 11.6. The van der Waals surface area contributed by atoms with Crippen LogP contribution in [0, 0.1) is 11.3 Å². The standard InChI is InChI=1S/C18H16N2O4/c1-22-14-6-3-10(7-16(14)23-2)17-12-5-4-11(21)8-15(12)24-18(20)13(17)9-19/h3-8,17,21H,20H2,1-2H3/t17-/m1/s1. The van der Waals surface area contributed by atoms with Crippen molar-refractivity contribution in [3.8, 4) is 29.1 Å². The first kappa shape index (κ1) is 15.6. The number of nitrogens with zero attached hydrogens (tertiary/aromatic N) is 1. The zero-order valence-corrected chi connectivity index (χ0v) is 13.2. The predicted molar refractivity (Wildman–Crippen MR) is 87.0 cm³/mol. The molecule has 6 heteroatoms. The monoisotopic (exact) mass is 324 g/mol. The zero-order chi connectivity index (χ0) is 17.3. The number of hydrogen-bond acceptors (Lipinski definition) is 6. The molecule has 122 valence electrons. The first-order valence-electron chi connectivity index (χ1n) is 7.21. The Balaban J connectivity index is 2.20. The van der Waals surface area contributed by atoms with Crippen LogP contribution in [-0.4, -0.2) is 19.3 Å². The highest BCUT2D eigenvalue weighted by atomic mass is 16.5. The summed E-state index contributed by atoms with van der Waals surface area (Å²) in [6.45, 7) is 0. The highest BCUT2D eigenvalue weighted by Gasteiger charge is 2.31. The molecule has 0 aromatic heterocycles. The van der Waals surface area contributed by atoms with E-state index in [1.165, 1.54) is 6.07 Å². The molecule has 1 aliphatic heterocycles. The SMILES string of the molecule is COc1ccc([C@H]2C(C#N)=C(N)Oc3cc(O)ccc32)cc1OC. The third-order valence-electron chi connectivity index (χ3n) is 3.94. The average Bonchev–Trinajstić information content (AvgIpc) is 2.59. The van der Waals surface area contributed by atoms with Gasteiger partial charge in [0.25, 0.3) is 0 Å². The Morgan fingerprint density at radius 3 is 2.54 bits per heavy atom. The molecule has 0 fully saturated rings. The smallest absolute Gasteiger partial charge is 0.205 e. The quantitative estimate of drug-likeness (QED) is 0.900. The van der Waals surface area contributed by atoms with Gasteiger partial charge in [-0.2, -0.15) is 5.26 Å². The molecule has 1 heterocycles. The van der Waals surface area contributed by atoms with E-state index in [0.29, 0.717) is 22.8 Å². The summed E-state index contributed by atoms with van der Waals surface area (Å²) in [4.78, 5) is 0. The van der Waals surface area contributed by atoms with E-state index in [0.717, 1.165) is 11.1 Å². The van der Waals surface area contributed by atoms with E-state index >= 15 is 0 Å². The van der Waals surface area contributed by atoms with E-state index in [1.54, 1.807) is 38.5 Å². The second-order valence-corrected chi connectivity index (χ2v) is 5.26. The molecule has 3 rings (SSSR count). The minimum Gasteiger partial charge on any atom is -0.508 e. The highest BCUT2D eigenvalue weighted by molar-refractivity contribution is 5.58. The lowest BCUT2D eigenvalue weighted by molar-refractivity contribution is 0.354.